The van der Waals surface area contributed by atoms with Crippen molar-refractivity contribution >= 4 is 35.3 Å². The second-order valence-electron chi connectivity index (χ2n) is 4.53. The Labute approximate surface area is 137 Å². The average Bonchev–Trinajstić information content (AvgIpc) is 3.06. The molecular weight excluding hydrogens is 312 g/mol. The molecule has 0 fully saturated rings. The predicted octanol–water partition coefficient (Wildman–Crippen LogP) is 2.73. The lowest BCUT2D eigenvalue weighted by Gasteiger charge is -2.09. The largest absolute Gasteiger partial charge is 0.483 e. The fraction of sp³-hybridized carbons (Fsp3) is 0.125. The van der Waals surface area contributed by atoms with Crippen LogP contribution in [0.2, 0.25) is 0 Å². The maximum atomic E-state index is 12.6. The summed E-state index contributed by atoms with van der Waals surface area (Å²) in [4.78, 5) is 22.6. The molecule has 0 saturated heterocycles. The lowest BCUT2D eigenvalue weighted by atomic mass is 10.2. The monoisotopic (exact) mass is 324 g/mol. The highest BCUT2D eigenvalue weighted by Gasteiger charge is 2.41. The first-order valence-electron chi connectivity index (χ1n) is 6.91. The molecule has 0 atom stereocenters. The lowest BCUT2D eigenvalue weighted by Crippen LogP contribution is -2.25. The van der Waals surface area contributed by atoms with Gasteiger partial charge in [0, 0.05) is 0 Å². The van der Waals surface area contributed by atoms with Crippen LogP contribution in [0.15, 0.2) is 56.7 Å². The number of aliphatic imine (C=N–C) groups is 2. The summed E-state index contributed by atoms with van der Waals surface area (Å²) in [5, 5.41) is 9.63. The van der Waals surface area contributed by atoms with Crippen molar-refractivity contribution in [2.24, 2.45) is 9.98 Å². The molecule has 0 unspecified atom stereocenters. The number of nitriles is 1. The zero-order chi connectivity index (χ0) is 16.2. The molecule has 0 spiro atoms. The molecule has 1 amide bonds. The van der Waals surface area contributed by atoms with Crippen molar-refractivity contribution < 1.29 is 9.53 Å². The predicted molar refractivity (Wildman–Crippen MR) is 89.0 cm³/mol. The number of fused-ring (bicyclic) bond motifs is 1. The molecule has 6 nitrogen and oxygen atoms in total. The third-order valence-electron chi connectivity index (χ3n) is 3.06. The van der Waals surface area contributed by atoms with Crippen LogP contribution in [0.1, 0.15) is 12.5 Å². The average molecular weight is 324 g/mol. The highest BCUT2D eigenvalue weighted by atomic mass is 32.2. The number of ether oxygens (including phenoxy) is 1. The summed E-state index contributed by atoms with van der Waals surface area (Å²) in [5.41, 5.74) is 1.20. The van der Waals surface area contributed by atoms with E-state index in [1.807, 2.05) is 43.3 Å². The fourth-order valence-corrected chi connectivity index (χ4v) is 2.92. The summed E-state index contributed by atoms with van der Waals surface area (Å²) in [6.45, 7) is 2.28. The van der Waals surface area contributed by atoms with Crippen LogP contribution >= 0.6 is 11.8 Å². The standard InChI is InChI=1S/C16H12N4O2S/c1-2-22-10-18-14-13(9-17)23-16-19-12(15(21)20(14)16)8-11-6-4-3-5-7-11/h3-8,10H,2H2,1H3/b12-8-,18-10+. The maximum absolute atomic E-state index is 12.6. The minimum absolute atomic E-state index is 0.256. The molecule has 3 rings (SSSR count). The number of hydrogen-bond acceptors (Lipinski definition) is 6. The molecule has 0 bridgehead atoms. The number of amidine groups is 1. The summed E-state index contributed by atoms with van der Waals surface area (Å²) in [6.07, 6.45) is 2.95. The van der Waals surface area contributed by atoms with E-state index in [0.29, 0.717) is 22.4 Å². The summed E-state index contributed by atoms with van der Waals surface area (Å²) >= 11 is 1.13. The molecule has 2 aliphatic heterocycles. The first kappa shape index (κ1) is 15.1. The van der Waals surface area contributed by atoms with Gasteiger partial charge in [0.1, 0.15) is 16.7 Å². The van der Waals surface area contributed by atoms with Gasteiger partial charge in [-0.3, -0.25) is 4.79 Å². The Balaban J connectivity index is 1.91. The quantitative estimate of drug-likeness (QED) is 0.485. The summed E-state index contributed by atoms with van der Waals surface area (Å²) < 4.78 is 5.06. The van der Waals surface area contributed by atoms with Gasteiger partial charge in [-0.1, -0.05) is 30.3 Å². The summed E-state index contributed by atoms with van der Waals surface area (Å²) in [5.74, 6) is -0.0450. The third kappa shape index (κ3) is 2.89. The van der Waals surface area contributed by atoms with Crippen molar-refractivity contribution in [3.8, 4) is 6.07 Å². The Hall–Kier alpha value is -2.85. The number of benzene rings is 1. The van der Waals surface area contributed by atoms with E-state index in [9.17, 15) is 10.1 Å². The van der Waals surface area contributed by atoms with E-state index in [-0.39, 0.29) is 11.7 Å². The normalized spacial score (nSPS) is 18.6. The molecule has 0 aromatic heterocycles. The number of rotatable bonds is 4. The van der Waals surface area contributed by atoms with Gasteiger partial charge in [0.2, 0.25) is 0 Å². The second-order valence-corrected chi connectivity index (χ2v) is 5.51. The van der Waals surface area contributed by atoms with Crippen LogP contribution in [0.4, 0.5) is 0 Å². The molecule has 0 saturated carbocycles. The highest BCUT2D eigenvalue weighted by Crippen LogP contribution is 2.39. The SMILES string of the molecule is CCO/C=N/C1=C(C#N)SC2=N/C(=C\c3ccccc3)C(=O)N21. The third-order valence-corrected chi connectivity index (χ3v) is 3.99. The van der Waals surface area contributed by atoms with Crippen LogP contribution in [0.25, 0.3) is 6.08 Å². The number of hydrogen-bond donors (Lipinski definition) is 0. The van der Waals surface area contributed by atoms with Gasteiger partial charge in [0.15, 0.2) is 17.4 Å². The van der Waals surface area contributed by atoms with Gasteiger partial charge in [0.05, 0.1) is 6.61 Å². The molecule has 7 heteroatoms. The maximum Gasteiger partial charge on any atom is 0.284 e. The van der Waals surface area contributed by atoms with Crippen LogP contribution in [-0.4, -0.2) is 29.0 Å². The van der Waals surface area contributed by atoms with Gasteiger partial charge in [-0.2, -0.15) is 5.26 Å². The van der Waals surface area contributed by atoms with Gasteiger partial charge in [-0.25, -0.2) is 14.9 Å². The minimum Gasteiger partial charge on any atom is -0.483 e. The van der Waals surface area contributed by atoms with Crippen molar-refractivity contribution in [2.75, 3.05) is 6.61 Å². The van der Waals surface area contributed by atoms with Crippen molar-refractivity contribution in [3.05, 3.63) is 52.3 Å². The molecule has 1 aromatic carbocycles. The number of thioether (sulfide) groups is 1. The second kappa shape index (κ2) is 6.50. The van der Waals surface area contributed by atoms with Gasteiger partial charge < -0.3 is 4.74 Å². The molecule has 1 aromatic rings. The number of nitrogens with zero attached hydrogens (tertiary/aromatic N) is 4. The van der Waals surface area contributed by atoms with Crippen molar-refractivity contribution in [1.82, 2.24) is 4.90 Å². The van der Waals surface area contributed by atoms with Gasteiger partial charge in [-0.15, -0.1) is 0 Å². The molecule has 23 heavy (non-hydrogen) atoms. The van der Waals surface area contributed by atoms with E-state index >= 15 is 0 Å². The van der Waals surface area contributed by atoms with E-state index in [1.165, 1.54) is 11.3 Å². The van der Waals surface area contributed by atoms with Crippen molar-refractivity contribution in [3.63, 3.8) is 0 Å². The molecule has 0 aliphatic carbocycles. The van der Waals surface area contributed by atoms with Crippen LogP contribution in [0.5, 0.6) is 0 Å². The first-order chi connectivity index (χ1) is 11.2. The smallest absolute Gasteiger partial charge is 0.284 e. The number of carbonyl (C=O) groups is 1. The summed E-state index contributed by atoms with van der Waals surface area (Å²) in [7, 11) is 0. The van der Waals surface area contributed by atoms with Crippen LogP contribution in [-0.2, 0) is 9.53 Å². The minimum atomic E-state index is -0.301. The van der Waals surface area contributed by atoms with E-state index in [4.69, 9.17) is 4.74 Å². The molecule has 2 heterocycles. The number of allylic oxidation sites excluding steroid dienone is 1. The Morgan fingerprint density at radius 1 is 1.43 bits per heavy atom. The molecule has 114 valence electrons. The van der Waals surface area contributed by atoms with E-state index in [0.717, 1.165) is 17.3 Å². The van der Waals surface area contributed by atoms with Gasteiger partial charge >= 0.3 is 0 Å². The lowest BCUT2D eigenvalue weighted by molar-refractivity contribution is -0.121. The highest BCUT2D eigenvalue weighted by molar-refractivity contribution is 8.17. The Bertz CT molecular complexity index is 803. The topological polar surface area (TPSA) is 78.0 Å². The molecule has 0 N–H and O–H groups in total. The van der Waals surface area contributed by atoms with E-state index in [1.54, 1.807) is 6.08 Å². The Morgan fingerprint density at radius 2 is 2.22 bits per heavy atom. The zero-order valence-corrected chi connectivity index (χ0v) is 13.1. The molecule has 2 aliphatic rings. The zero-order valence-electron chi connectivity index (χ0n) is 12.3. The van der Waals surface area contributed by atoms with Gasteiger partial charge in [-0.05, 0) is 30.3 Å². The first-order valence-corrected chi connectivity index (χ1v) is 7.72. The van der Waals surface area contributed by atoms with Crippen LogP contribution < -0.4 is 0 Å². The van der Waals surface area contributed by atoms with E-state index in [2.05, 4.69) is 9.98 Å². The Morgan fingerprint density at radius 3 is 2.91 bits per heavy atom. The molecule has 0 radical (unpaired) electrons. The van der Waals surface area contributed by atoms with E-state index < -0.39 is 0 Å². The fourth-order valence-electron chi connectivity index (χ4n) is 2.05. The van der Waals surface area contributed by atoms with Crippen LogP contribution in [0, 0.1) is 11.3 Å². The van der Waals surface area contributed by atoms with Crippen molar-refractivity contribution in [2.45, 2.75) is 6.92 Å². The summed E-state index contributed by atoms with van der Waals surface area (Å²) in [6, 6.07) is 11.5. The van der Waals surface area contributed by atoms with Crippen LogP contribution in [0.3, 0.4) is 0 Å². The number of amides is 1. The Kier molecular flexibility index (Phi) is 4.26. The molecular formula is C16H12N4O2S. The van der Waals surface area contributed by atoms with Crippen molar-refractivity contribution in [1.29, 1.82) is 5.26 Å². The van der Waals surface area contributed by atoms with Gasteiger partial charge in [0.25, 0.3) is 5.91 Å². The number of carbonyl (C=O) groups excluding carboxylic acids is 1.